The number of allylic oxidation sites excluding steroid dienone is 3. The third-order valence-corrected chi connectivity index (χ3v) is 2.65. The third-order valence-electron chi connectivity index (χ3n) is 2.65. The first kappa shape index (κ1) is 9.71. The van der Waals surface area contributed by atoms with E-state index >= 15 is 0 Å². The van der Waals surface area contributed by atoms with E-state index in [0.29, 0.717) is 5.57 Å². The lowest BCUT2D eigenvalue weighted by atomic mass is 9.85. The smallest absolute Gasteiger partial charge is 0.245 e. The molecule has 0 heterocycles. The monoisotopic (exact) mass is 199 g/mol. The topological polar surface area (TPSA) is 43.1 Å². The van der Waals surface area contributed by atoms with Crippen LogP contribution < -0.4 is 5.73 Å². The fraction of sp³-hybridized carbons (Fsp3) is 0.154. The Morgan fingerprint density at radius 2 is 2.00 bits per heavy atom. The maximum absolute atomic E-state index is 11.3. The van der Waals surface area contributed by atoms with E-state index in [1.54, 1.807) is 0 Å². The number of rotatable bonds is 2. The van der Waals surface area contributed by atoms with Crippen LogP contribution in [0.15, 0.2) is 54.1 Å². The maximum Gasteiger partial charge on any atom is 0.245 e. The number of benzene rings is 1. The molecule has 0 fully saturated rings. The SMILES string of the molecule is NC(=O)C1=CC=CC[C@@H]1c1ccccc1. The molecule has 0 aromatic heterocycles. The second kappa shape index (κ2) is 4.13. The highest BCUT2D eigenvalue weighted by Gasteiger charge is 2.20. The number of hydrogen-bond donors (Lipinski definition) is 1. The Morgan fingerprint density at radius 1 is 1.27 bits per heavy atom. The van der Waals surface area contributed by atoms with Gasteiger partial charge in [0.1, 0.15) is 0 Å². The van der Waals surface area contributed by atoms with Crippen LogP contribution in [0.25, 0.3) is 0 Å². The summed E-state index contributed by atoms with van der Waals surface area (Å²) >= 11 is 0. The summed E-state index contributed by atoms with van der Waals surface area (Å²) in [6, 6.07) is 9.98. The molecule has 1 atom stereocenters. The van der Waals surface area contributed by atoms with Crippen molar-refractivity contribution in [3.05, 3.63) is 59.7 Å². The molecule has 0 radical (unpaired) electrons. The van der Waals surface area contributed by atoms with Gasteiger partial charge in [-0.3, -0.25) is 4.79 Å². The summed E-state index contributed by atoms with van der Waals surface area (Å²) in [5.74, 6) is -0.207. The molecule has 1 aromatic rings. The second-order valence-electron chi connectivity index (χ2n) is 3.61. The Kier molecular flexibility index (Phi) is 2.68. The molecule has 2 N–H and O–H groups in total. The van der Waals surface area contributed by atoms with E-state index in [2.05, 4.69) is 6.08 Å². The van der Waals surface area contributed by atoms with Crippen LogP contribution in [0.3, 0.4) is 0 Å². The molecule has 0 aliphatic heterocycles. The van der Waals surface area contributed by atoms with Crippen molar-refractivity contribution in [2.24, 2.45) is 5.73 Å². The minimum absolute atomic E-state index is 0.119. The molecule has 76 valence electrons. The fourth-order valence-corrected chi connectivity index (χ4v) is 1.88. The van der Waals surface area contributed by atoms with Crippen LogP contribution in [0.2, 0.25) is 0 Å². The Morgan fingerprint density at radius 3 is 2.67 bits per heavy atom. The average Bonchev–Trinajstić information content (AvgIpc) is 2.30. The van der Waals surface area contributed by atoms with Crippen molar-refractivity contribution >= 4 is 5.91 Å². The van der Waals surface area contributed by atoms with Gasteiger partial charge < -0.3 is 5.73 Å². The molecule has 1 aromatic carbocycles. The van der Waals surface area contributed by atoms with Crippen LogP contribution in [-0.4, -0.2) is 5.91 Å². The van der Waals surface area contributed by atoms with Crippen LogP contribution in [-0.2, 0) is 4.79 Å². The van der Waals surface area contributed by atoms with Gasteiger partial charge in [-0.25, -0.2) is 0 Å². The number of primary amides is 1. The van der Waals surface area contributed by atoms with E-state index in [-0.39, 0.29) is 11.8 Å². The van der Waals surface area contributed by atoms with E-state index in [1.165, 1.54) is 0 Å². The fourth-order valence-electron chi connectivity index (χ4n) is 1.88. The first-order chi connectivity index (χ1) is 7.29. The first-order valence-corrected chi connectivity index (χ1v) is 5.00. The van der Waals surface area contributed by atoms with E-state index in [0.717, 1.165) is 12.0 Å². The maximum atomic E-state index is 11.3. The second-order valence-corrected chi connectivity index (χ2v) is 3.61. The summed E-state index contributed by atoms with van der Waals surface area (Å²) in [5.41, 5.74) is 7.20. The van der Waals surface area contributed by atoms with Crippen LogP contribution >= 0.6 is 0 Å². The minimum Gasteiger partial charge on any atom is -0.366 e. The van der Waals surface area contributed by atoms with E-state index in [9.17, 15) is 4.79 Å². The van der Waals surface area contributed by atoms with Gasteiger partial charge in [-0.1, -0.05) is 48.6 Å². The largest absolute Gasteiger partial charge is 0.366 e. The predicted octanol–water partition coefficient (Wildman–Crippen LogP) is 2.14. The predicted molar refractivity (Wildman–Crippen MR) is 60.2 cm³/mol. The Balaban J connectivity index is 2.34. The lowest BCUT2D eigenvalue weighted by molar-refractivity contribution is -0.114. The summed E-state index contributed by atoms with van der Waals surface area (Å²) < 4.78 is 0. The number of carbonyl (C=O) groups excluding carboxylic acids is 1. The zero-order valence-corrected chi connectivity index (χ0v) is 8.39. The van der Waals surface area contributed by atoms with Crippen LogP contribution in [0.1, 0.15) is 17.9 Å². The molecule has 2 heteroatoms. The van der Waals surface area contributed by atoms with Gasteiger partial charge in [0.2, 0.25) is 5.91 Å². The van der Waals surface area contributed by atoms with Crippen LogP contribution in [0, 0.1) is 0 Å². The Labute approximate surface area is 89.1 Å². The summed E-state index contributed by atoms with van der Waals surface area (Å²) in [7, 11) is 0. The number of nitrogens with two attached hydrogens (primary N) is 1. The Hall–Kier alpha value is -1.83. The molecule has 1 aliphatic carbocycles. The number of amides is 1. The number of hydrogen-bond acceptors (Lipinski definition) is 1. The zero-order valence-electron chi connectivity index (χ0n) is 8.39. The molecule has 2 nitrogen and oxygen atoms in total. The zero-order chi connectivity index (χ0) is 10.7. The molecule has 0 spiro atoms. The standard InChI is InChI=1S/C13H13NO/c14-13(15)12-9-5-4-8-11(12)10-6-2-1-3-7-10/h1-7,9,11H,8H2,(H2,14,15)/t11-/m1/s1. The minimum atomic E-state index is -0.326. The van der Waals surface area contributed by atoms with E-state index < -0.39 is 0 Å². The molecule has 2 rings (SSSR count). The van der Waals surface area contributed by atoms with Gasteiger partial charge in [0, 0.05) is 11.5 Å². The molecular formula is C13H13NO. The van der Waals surface area contributed by atoms with Crippen molar-refractivity contribution in [1.82, 2.24) is 0 Å². The van der Waals surface area contributed by atoms with Crippen LogP contribution in [0.4, 0.5) is 0 Å². The van der Waals surface area contributed by atoms with Crippen molar-refractivity contribution in [1.29, 1.82) is 0 Å². The van der Waals surface area contributed by atoms with Gasteiger partial charge in [0.05, 0.1) is 0 Å². The molecule has 1 aliphatic rings. The first-order valence-electron chi connectivity index (χ1n) is 5.00. The highest BCUT2D eigenvalue weighted by molar-refractivity contribution is 5.94. The van der Waals surface area contributed by atoms with Gasteiger partial charge in [-0.05, 0) is 12.0 Å². The van der Waals surface area contributed by atoms with E-state index in [4.69, 9.17) is 5.73 Å². The summed E-state index contributed by atoms with van der Waals surface area (Å²) in [6.07, 6.45) is 6.60. The van der Waals surface area contributed by atoms with Gasteiger partial charge in [0.15, 0.2) is 0 Å². The Bertz CT molecular complexity index is 417. The molecular weight excluding hydrogens is 186 g/mol. The van der Waals surface area contributed by atoms with Crippen molar-refractivity contribution in [2.45, 2.75) is 12.3 Å². The molecule has 0 bridgehead atoms. The molecule has 0 saturated heterocycles. The molecule has 15 heavy (non-hydrogen) atoms. The van der Waals surface area contributed by atoms with Crippen molar-refractivity contribution < 1.29 is 4.79 Å². The van der Waals surface area contributed by atoms with Gasteiger partial charge >= 0.3 is 0 Å². The summed E-state index contributed by atoms with van der Waals surface area (Å²) in [4.78, 5) is 11.3. The highest BCUT2D eigenvalue weighted by atomic mass is 16.1. The lowest BCUT2D eigenvalue weighted by Gasteiger charge is -2.19. The third kappa shape index (κ3) is 1.99. The van der Waals surface area contributed by atoms with E-state index in [1.807, 2.05) is 42.5 Å². The van der Waals surface area contributed by atoms with Crippen LogP contribution in [0.5, 0.6) is 0 Å². The molecule has 1 amide bonds. The summed E-state index contributed by atoms with van der Waals surface area (Å²) in [6.45, 7) is 0. The average molecular weight is 199 g/mol. The quantitative estimate of drug-likeness (QED) is 0.779. The lowest BCUT2D eigenvalue weighted by Crippen LogP contribution is -2.20. The summed E-state index contributed by atoms with van der Waals surface area (Å²) in [5, 5.41) is 0. The normalized spacial score (nSPS) is 19.7. The highest BCUT2D eigenvalue weighted by Crippen LogP contribution is 2.30. The van der Waals surface area contributed by atoms with Crippen molar-refractivity contribution in [3.63, 3.8) is 0 Å². The molecule has 0 saturated carbocycles. The van der Waals surface area contributed by atoms with Crippen molar-refractivity contribution in [2.75, 3.05) is 0 Å². The number of carbonyl (C=O) groups is 1. The van der Waals surface area contributed by atoms with Gasteiger partial charge in [-0.2, -0.15) is 0 Å². The van der Waals surface area contributed by atoms with Crippen molar-refractivity contribution in [3.8, 4) is 0 Å². The van der Waals surface area contributed by atoms with Gasteiger partial charge in [-0.15, -0.1) is 0 Å². The van der Waals surface area contributed by atoms with Gasteiger partial charge in [0.25, 0.3) is 0 Å². The molecule has 0 unspecified atom stereocenters.